The third kappa shape index (κ3) is 2.55. The molecular formula is C14H24N2O. The first-order chi connectivity index (χ1) is 8.27. The molecule has 0 bridgehead atoms. The minimum atomic E-state index is 0.377. The lowest BCUT2D eigenvalue weighted by Crippen LogP contribution is -2.35. The Balaban J connectivity index is 2.31. The molecule has 3 nitrogen and oxygen atoms in total. The fourth-order valence-corrected chi connectivity index (χ4v) is 2.99. The largest absolute Gasteiger partial charge is 0.467 e. The Kier molecular flexibility index (Phi) is 4.24. The number of rotatable bonds is 3. The smallest absolute Gasteiger partial charge is 0.124 e. The standard InChI is InChI=1S/C14H24N2O/c1-3-16-8-5-4-6-12(10-15)13(16)14-11(2)7-9-17-14/h7,9,12-13H,3-6,8,10,15H2,1-2H3. The Morgan fingerprint density at radius 2 is 2.29 bits per heavy atom. The van der Waals surface area contributed by atoms with Crippen LogP contribution in [0.3, 0.4) is 0 Å². The summed E-state index contributed by atoms with van der Waals surface area (Å²) in [4.78, 5) is 2.52. The van der Waals surface area contributed by atoms with Crippen molar-refractivity contribution in [2.75, 3.05) is 19.6 Å². The molecule has 0 amide bonds. The number of likely N-dealkylation sites (tertiary alicyclic amines) is 1. The van der Waals surface area contributed by atoms with Crippen molar-refractivity contribution < 1.29 is 4.42 Å². The molecule has 1 aromatic heterocycles. The summed E-state index contributed by atoms with van der Waals surface area (Å²) in [5, 5.41) is 0. The monoisotopic (exact) mass is 236 g/mol. The van der Waals surface area contributed by atoms with Crippen LogP contribution in [0, 0.1) is 12.8 Å². The van der Waals surface area contributed by atoms with Gasteiger partial charge < -0.3 is 10.2 Å². The van der Waals surface area contributed by atoms with Gasteiger partial charge in [0.15, 0.2) is 0 Å². The molecule has 2 heterocycles. The van der Waals surface area contributed by atoms with Gasteiger partial charge in [0.2, 0.25) is 0 Å². The van der Waals surface area contributed by atoms with Gasteiger partial charge in [0.1, 0.15) is 5.76 Å². The molecule has 0 aromatic carbocycles. The van der Waals surface area contributed by atoms with Gasteiger partial charge in [-0.15, -0.1) is 0 Å². The molecule has 1 fully saturated rings. The normalized spacial score (nSPS) is 27.0. The Morgan fingerprint density at radius 1 is 1.47 bits per heavy atom. The average molecular weight is 236 g/mol. The lowest BCUT2D eigenvalue weighted by Gasteiger charge is -2.32. The van der Waals surface area contributed by atoms with E-state index in [9.17, 15) is 0 Å². The minimum Gasteiger partial charge on any atom is -0.467 e. The predicted molar refractivity (Wildman–Crippen MR) is 69.8 cm³/mol. The first-order valence-corrected chi connectivity index (χ1v) is 6.76. The van der Waals surface area contributed by atoms with Crippen LogP contribution in [0.2, 0.25) is 0 Å². The van der Waals surface area contributed by atoms with Gasteiger partial charge in [-0.25, -0.2) is 0 Å². The van der Waals surface area contributed by atoms with Crippen LogP contribution >= 0.6 is 0 Å². The maximum absolute atomic E-state index is 5.97. The fraction of sp³-hybridized carbons (Fsp3) is 0.714. The molecule has 0 radical (unpaired) electrons. The van der Waals surface area contributed by atoms with E-state index in [0.717, 1.165) is 25.4 Å². The maximum atomic E-state index is 5.97. The van der Waals surface area contributed by atoms with E-state index in [1.165, 1.54) is 24.8 Å². The highest BCUT2D eigenvalue weighted by molar-refractivity contribution is 5.19. The Bertz CT molecular complexity index is 334. The quantitative estimate of drug-likeness (QED) is 0.877. The van der Waals surface area contributed by atoms with Crippen LogP contribution < -0.4 is 5.73 Å². The molecule has 1 aromatic rings. The number of furan rings is 1. The van der Waals surface area contributed by atoms with E-state index >= 15 is 0 Å². The molecule has 2 rings (SSSR count). The highest BCUT2D eigenvalue weighted by Gasteiger charge is 2.32. The van der Waals surface area contributed by atoms with E-state index in [1.807, 2.05) is 0 Å². The summed E-state index contributed by atoms with van der Waals surface area (Å²) in [5.74, 6) is 1.66. The van der Waals surface area contributed by atoms with Crippen molar-refractivity contribution >= 4 is 0 Å². The summed E-state index contributed by atoms with van der Waals surface area (Å²) < 4.78 is 5.73. The summed E-state index contributed by atoms with van der Waals surface area (Å²) >= 11 is 0. The van der Waals surface area contributed by atoms with Crippen LogP contribution in [-0.2, 0) is 0 Å². The molecular weight excluding hydrogens is 212 g/mol. The fourth-order valence-electron chi connectivity index (χ4n) is 2.99. The van der Waals surface area contributed by atoms with E-state index in [0.29, 0.717) is 12.0 Å². The molecule has 1 saturated heterocycles. The second-order valence-corrected chi connectivity index (χ2v) is 5.03. The number of aryl methyl sites for hydroxylation is 1. The van der Waals surface area contributed by atoms with Crippen molar-refractivity contribution in [3.8, 4) is 0 Å². The van der Waals surface area contributed by atoms with Crippen LogP contribution in [0.4, 0.5) is 0 Å². The third-order valence-corrected chi connectivity index (χ3v) is 3.99. The summed E-state index contributed by atoms with van der Waals surface area (Å²) in [6.45, 7) is 7.34. The summed E-state index contributed by atoms with van der Waals surface area (Å²) in [6.07, 6.45) is 5.59. The SMILES string of the molecule is CCN1CCCCC(CN)C1c1occc1C. The molecule has 0 saturated carbocycles. The summed E-state index contributed by atoms with van der Waals surface area (Å²) in [6, 6.07) is 2.43. The van der Waals surface area contributed by atoms with Gasteiger partial charge >= 0.3 is 0 Å². The lowest BCUT2D eigenvalue weighted by molar-refractivity contribution is 0.142. The second-order valence-electron chi connectivity index (χ2n) is 5.03. The van der Waals surface area contributed by atoms with E-state index in [2.05, 4.69) is 24.8 Å². The Hall–Kier alpha value is -0.800. The zero-order valence-electron chi connectivity index (χ0n) is 11.0. The van der Waals surface area contributed by atoms with Gasteiger partial charge in [-0.3, -0.25) is 4.90 Å². The topological polar surface area (TPSA) is 42.4 Å². The van der Waals surface area contributed by atoms with Crippen molar-refractivity contribution in [2.45, 2.75) is 39.2 Å². The van der Waals surface area contributed by atoms with Crippen LogP contribution in [0.5, 0.6) is 0 Å². The molecule has 17 heavy (non-hydrogen) atoms. The highest BCUT2D eigenvalue weighted by Crippen LogP contribution is 2.36. The van der Waals surface area contributed by atoms with Crippen molar-refractivity contribution in [2.24, 2.45) is 11.7 Å². The van der Waals surface area contributed by atoms with Gasteiger partial charge in [0.25, 0.3) is 0 Å². The molecule has 2 N–H and O–H groups in total. The zero-order valence-corrected chi connectivity index (χ0v) is 11.0. The van der Waals surface area contributed by atoms with E-state index in [-0.39, 0.29) is 0 Å². The van der Waals surface area contributed by atoms with E-state index in [1.54, 1.807) is 6.26 Å². The van der Waals surface area contributed by atoms with Crippen LogP contribution in [0.25, 0.3) is 0 Å². The molecule has 3 heteroatoms. The van der Waals surface area contributed by atoms with E-state index in [4.69, 9.17) is 10.2 Å². The van der Waals surface area contributed by atoms with Crippen LogP contribution in [-0.4, -0.2) is 24.5 Å². The highest BCUT2D eigenvalue weighted by atomic mass is 16.3. The molecule has 96 valence electrons. The molecule has 0 aliphatic carbocycles. The summed E-state index contributed by atoms with van der Waals surface area (Å²) in [5.41, 5.74) is 7.23. The van der Waals surface area contributed by atoms with Crippen LogP contribution in [0.1, 0.15) is 43.6 Å². The number of hydrogen-bond donors (Lipinski definition) is 1. The molecule has 0 spiro atoms. The maximum Gasteiger partial charge on any atom is 0.124 e. The van der Waals surface area contributed by atoms with Gasteiger partial charge in [0.05, 0.1) is 12.3 Å². The first-order valence-electron chi connectivity index (χ1n) is 6.76. The van der Waals surface area contributed by atoms with Gasteiger partial charge in [0, 0.05) is 0 Å². The predicted octanol–water partition coefficient (Wildman–Crippen LogP) is 2.71. The Labute approximate surface area is 104 Å². The van der Waals surface area contributed by atoms with Crippen molar-refractivity contribution in [1.29, 1.82) is 0 Å². The van der Waals surface area contributed by atoms with Crippen molar-refractivity contribution in [3.05, 3.63) is 23.7 Å². The Morgan fingerprint density at radius 3 is 2.88 bits per heavy atom. The zero-order chi connectivity index (χ0) is 12.3. The van der Waals surface area contributed by atoms with Gasteiger partial charge in [-0.1, -0.05) is 13.3 Å². The number of nitrogens with two attached hydrogens (primary N) is 1. The molecule has 2 atom stereocenters. The molecule has 2 unspecified atom stereocenters. The van der Waals surface area contributed by atoms with Crippen LogP contribution in [0.15, 0.2) is 16.7 Å². The second kappa shape index (κ2) is 5.69. The van der Waals surface area contributed by atoms with Gasteiger partial charge in [-0.2, -0.15) is 0 Å². The summed E-state index contributed by atoms with van der Waals surface area (Å²) in [7, 11) is 0. The lowest BCUT2D eigenvalue weighted by atomic mass is 9.91. The van der Waals surface area contributed by atoms with E-state index < -0.39 is 0 Å². The molecule has 1 aliphatic heterocycles. The first kappa shape index (κ1) is 12.7. The van der Waals surface area contributed by atoms with Crippen molar-refractivity contribution in [1.82, 2.24) is 4.90 Å². The molecule has 1 aliphatic rings. The number of nitrogens with zero attached hydrogens (tertiary/aromatic N) is 1. The minimum absolute atomic E-state index is 0.377. The van der Waals surface area contributed by atoms with Crippen molar-refractivity contribution in [3.63, 3.8) is 0 Å². The number of hydrogen-bond acceptors (Lipinski definition) is 3. The third-order valence-electron chi connectivity index (χ3n) is 3.99. The average Bonchev–Trinajstić information content (AvgIpc) is 2.65. The van der Waals surface area contributed by atoms with Gasteiger partial charge in [-0.05, 0) is 56.9 Å².